The van der Waals surface area contributed by atoms with Gasteiger partial charge in [0.1, 0.15) is 0 Å². The highest BCUT2D eigenvalue weighted by molar-refractivity contribution is 5.90. The second-order valence-electron chi connectivity index (χ2n) is 5.30. The van der Waals surface area contributed by atoms with Crippen LogP contribution in [0.5, 0.6) is 0 Å². The number of nitrogens with zero attached hydrogens (tertiary/aromatic N) is 1. The van der Waals surface area contributed by atoms with Gasteiger partial charge < -0.3 is 15.7 Å². The molecule has 0 bridgehead atoms. The number of hydrogen-bond acceptors (Lipinski definition) is 3. The second-order valence-corrected chi connectivity index (χ2v) is 5.30. The molecule has 3 N–H and O–H groups in total. The predicted molar refractivity (Wildman–Crippen MR) is 77.7 cm³/mol. The van der Waals surface area contributed by atoms with Crippen LogP contribution >= 0.6 is 0 Å². The zero-order chi connectivity index (χ0) is 13.8. The maximum atomic E-state index is 11.0. The van der Waals surface area contributed by atoms with Gasteiger partial charge in [0.2, 0.25) is 0 Å². The molecule has 0 aliphatic carbocycles. The molecular formula is C15H22N2O2. The summed E-state index contributed by atoms with van der Waals surface area (Å²) < 4.78 is 0. The van der Waals surface area contributed by atoms with Crippen LogP contribution in [0.2, 0.25) is 0 Å². The first kappa shape index (κ1) is 13.7. The summed E-state index contributed by atoms with van der Waals surface area (Å²) in [5.41, 5.74) is 7.82. The number of nitrogen functional groups attached to an aromatic ring is 1. The molecule has 1 aliphatic rings. The van der Waals surface area contributed by atoms with Gasteiger partial charge in [0, 0.05) is 13.1 Å². The van der Waals surface area contributed by atoms with E-state index in [1.165, 1.54) is 25.7 Å². The van der Waals surface area contributed by atoms with Crippen LogP contribution in [0.25, 0.3) is 0 Å². The van der Waals surface area contributed by atoms with Crippen LogP contribution in [0.1, 0.15) is 43.0 Å². The van der Waals surface area contributed by atoms with Crippen LogP contribution < -0.4 is 10.6 Å². The topological polar surface area (TPSA) is 66.6 Å². The van der Waals surface area contributed by atoms with Gasteiger partial charge in [0.15, 0.2) is 0 Å². The van der Waals surface area contributed by atoms with Crippen molar-refractivity contribution in [2.45, 2.75) is 32.6 Å². The Kier molecular flexibility index (Phi) is 4.30. The Balaban J connectivity index is 2.10. The molecule has 0 radical (unpaired) electrons. The quantitative estimate of drug-likeness (QED) is 0.819. The molecule has 104 valence electrons. The summed E-state index contributed by atoms with van der Waals surface area (Å²) in [6.45, 7) is 4.16. The van der Waals surface area contributed by atoms with Crippen molar-refractivity contribution in [2.24, 2.45) is 5.92 Å². The third kappa shape index (κ3) is 3.19. The number of carboxylic acid groups (broad SMARTS) is 1. The average molecular weight is 262 g/mol. The van der Waals surface area contributed by atoms with E-state index in [-0.39, 0.29) is 0 Å². The number of hydrogen-bond donors (Lipinski definition) is 2. The number of rotatable bonds is 4. The van der Waals surface area contributed by atoms with Gasteiger partial charge in [0.25, 0.3) is 0 Å². The minimum atomic E-state index is -0.901. The predicted octanol–water partition coefficient (Wildman–Crippen LogP) is 2.98. The summed E-state index contributed by atoms with van der Waals surface area (Å²) in [5.74, 6) is -0.0905. The van der Waals surface area contributed by atoms with Gasteiger partial charge in [-0.2, -0.15) is 0 Å². The van der Waals surface area contributed by atoms with Gasteiger partial charge in [-0.25, -0.2) is 4.79 Å². The lowest BCUT2D eigenvalue weighted by atomic mass is 9.92. The molecule has 1 fully saturated rings. The van der Waals surface area contributed by atoms with Crippen molar-refractivity contribution in [1.82, 2.24) is 0 Å². The first-order valence-electron chi connectivity index (χ1n) is 6.99. The molecule has 0 saturated carbocycles. The van der Waals surface area contributed by atoms with Crippen molar-refractivity contribution in [3.63, 3.8) is 0 Å². The Morgan fingerprint density at radius 2 is 2.11 bits per heavy atom. The number of carbonyl (C=O) groups is 1. The number of aromatic carboxylic acids is 1. The van der Waals surface area contributed by atoms with Crippen molar-refractivity contribution in [3.05, 3.63) is 23.8 Å². The number of carboxylic acids is 1. The van der Waals surface area contributed by atoms with Crippen LogP contribution in [0, 0.1) is 5.92 Å². The van der Waals surface area contributed by atoms with E-state index < -0.39 is 5.97 Å². The van der Waals surface area contributed by atoms with E-state index in [0.717, 1.165) is 24.7 Å². The zero-order valence-corrected chi connectivity index (χ0v) is 11.4. The van der Waals surface area contributed by atoms with Gasteiger partial charge in [0.05, 0.1) is 16.9 Å². The summed E-state index contributed by atoms with van der Waals surface area (Å²) in [6.07, 6.45) is 4.87. The van der Waals surface area contributed by atoms with Crippen LogP contribution in [-0.4, -0.2) is 24.2 Å². The molecule has 19 heavy (non-hydrogen) atoms. The molecule has 2 rings (SSSR count). The number of piperidine rings is 1. The normalized spacial score (nSPS) is 16.6. The first-order chi connectivity index (χ1) is 9.11. The fourth-order valence-electron chi connectivity index (χ4n) is 2.82. The summed E-state index contributed by atoms with van der Waals surface area (Å²) >= 11 is 0. The molecule has 1 aromatic carbocycles. The van der Waals surface area contributed by atoms with Crippen molar-refractivity contribution < 1.29 is 9.90 Å². The molecular weight excluding hydrogens is 240 g/mol. The van der Waals surface area contributed by atoms with Gasteiger partial charge in [-0.15, -0.1) is 0 Å². The van der Waals surface area contributed by atoms with E-state index in [9.17, 15) is 4.79 Å². The van der Waals surface area contributed by atoms with Crippen molar-refractivity contribution in [2.75, 3.05) is 23.7 Å². The fourth-order valence-corrected chi connectivity index (χ4v) is 2.82. The Morgan fingerprint density at radius 3 is 2.68 bits per heavy atom. The third-order valence-electron chi connectivity index (χ3n) is 3.93. The zero-order valence-electron chi connectivity index (χ0n) is 11.4. The van der Waals surface area contributed by atoms with E-state index >= 15 is 0 Å². The average Bonchev–Trinajstić information content (AvgIpc) is 2.40. The largest absolute Gasteiger partial charge is 0.478 e. The molecule has 0 aromatic heterocycles. The molecule has 0 unspecified atom stereocenters. The molecule has 0 spiro atoms. The summed E-state index contributed by atoms with van der Waals surface area (Å²) in [6, 6.07) is 4.94. The molecule has 4 nitrogen and oxygen atoms in total. The monoisotopic (exact) mass is 262 g/mol. The van der Waals surface area contributed by atoms with Crippen LogP contribution in [0.15, 0.2) is 18.2 Å². The summed E-state index contributed by atoms with van der Waals surface area (Å²) in [5, 5.41) is 9.05. The summed E-state index contributed by atoms with van der Waals surface area (Å²) in [4.78, 5) is 13.2. The maximum absolute atomic E-state index is 11.0. The smallest absolute Gasteiger partial charge is 0.335 e. The van der Waals surface area contributed by atoms with Crippen molar-refractivity contribution >= 4 is 17.3 Å². The molecule has 1 aliphatic heterocycles. The van der Waals surface area contributed by atoms with E-state index in [1.807, 2.05) is 0 Å². The van der Waals surface area contributed by atoms with Gasteiger partial charge in [-0.3, -0.25) is 0 Å². The molecule has 1 heterocycles. The van der Waals surface area contributed by atoms with E-state index in [2.05, 4.69) is 11.8 Å². The molecule has 0 amide bonds. The van der Waals surface area contributed by atoms with Crippen LogP contribution in [0.4, 0.5) is 11.4 Å². The maximum Gasteiger partial charge on any atom is 0.335 e. The van der Waals surface area contributed by atoms with E-state index in [4.69, 9.17) is 10.8 Å². The minimum absolute atomic E-state index is 0.305. The number of nitrogens with two attached hydrogens (primary N) is 1. The highest BCUT2D eigenvalue weighted by Crippen LogP contribution is 2.30. The fraction of sp³-hybridized carbons (Fsp3) is 0.533. The van der Waals surface area contributed by atoms with Gasteiger partial charge in [-0.1, -0.05) is 19.8 Å². The Hall–Kier alpha value is -1.71. The highest BCUT2D eigenvalue weighted by atomic mass is 16.4. The second kappa shape index (κ2) is 5.95. The minimum Gasteiger partial charge on any atom is -0.478 e. The van der Waals surface area contributed by atoms with Crippen LogP contribution in [-0.2, 0) is 0 Å². The molecule has 4 heteroatoms. The van der Waals surface area contributed by atoms with Gasteiger partial charge in [-0.05, 0) is 37.0 Å². The van der Waals surface area contributed by atoms with Crippen LogP contribution in [0.3, 0.4) is 0 Å². The Morgan fingerprint density at radius 1 is 1.42 bits per heavy atom. The number of anilines is 2. The molecule has 1 aromatic rings. The lowest BCUT2D eigenvalue weighted by Gasteiger charge is -2.34. The summed E-state index contributed by atoms with van der Waals surface area (Å²) in [7, 11) is 0. The molecule has 1 saturated heterocycles. The third-order valence-corrected chi connectivity index (χ3v) is 3.93. The highest BCUT2D eigenvalue weighted by Gasteiger charge is 2.20. The molecule has 0 atom stereocenters. The van der Waals surface area contributed by atoms with Crippen molar-refractivity contribution in [1.29, 1.82) is 0 Å². The SMILES string of the molecule is CCCC1CCN(c2cc(C(=O)O)ccc2N)CC1. The van der Waals surface area contributed by atoms with Crippen molar-refractivity contribution in [3.8, 4) is 0 Å². The standard InChI is InChI=1S/C15H22N2O2/c1-2-3-11-6-8-17(9-7-11)14-10-12(15(18)19)4-5-13(14)16/h4-5,10-11H,2-3,6-9,16H2,1H3,(H,18,19). The number of benzene rings is 1. The Labute approximate surface area is 114 Å². The van der Waals surface area contributed by atoms with E-state index in [0.29, 0.717) is 11.3 Å². The lowest BCUT2D eigenvalue weighted by Crippen LogP contribution is -2.34. The van der Waals surface area contributed by atoms with Gasteiger partial charge >= 0.3 is 5.97 Å². The first-order valence-corrected chi connectivity index (χ1v) is 6.99. The lowest BCUT2D eigenvalue weighted by molar-refractivity contribution is 0.0697. The van der Waals surface area contributed by atoms with E-state index in [1.54, 1.807) is 18.2 Å². The Bertz CT molecular complexity index is 451.